The molecule has 0 saturated carbocycles. The monoisotopic (exact) mass is 453 g/mol. The number of thiophene rings is 1. The maximum Gasteiger partial charge on any atom is 0.349 e. The number of carbonyl (C=O) groups excluding carboxylic acids is 3. The fraction of sp³-hybridized carbons (Fsp3) is 0.300. The molecule has 0 bridgehead atoms. The molecule has 2 N–H and O–H groups in total. The molecule has 1 aromatic heterocycles. The van der Waals surface area contributed by atoms with E-state index in [4.69, 9.17) is 16.3 Å². The number of benzene rings is 1. The second-order valence-electron chi connectivity index (χ2n) is 6.25. The molecule has 0 fully saturated rings. The molecule has 0 unspecified atom stereocenters. The van der Waals surface area contributed by atoms with Crippen molar-refractivity contribution in [2.45, 2.75) is 39.0 Å². The molecule has 2 aromatic rings. The molecule has 2 atom stereocenters. The molecule has 1 heterocycles. The Morgan fingerprint density at radius 1 is 1.00 bits per heavy atom. The number of hydrogen-bond donors (Lipinski definition) is 2. The second kappa shape index (κ2) is 10.7. The highest BCUT2D eigenvalue weighted by atomic mass is 35.5. The Balaban J connectivity index is 2.05. The van der Waals surface area contributed by atoms with Crippen LogP contribution in [0.4, 0.5) is 0 Å². The van der Waals surface area contributed by atoms with E-state index < -0.39 is 36.0 Å². The molecular formula is C20H20ClNO7S. The zero-order valence-corrected chi connectivity index (χ0v) is 17.8. The zero-order chi connectivity index (χ0) is 22.3. The van der Waals surface area contributed by atoms with Crippen LogP contribution in [0.25, 0.3) is 0 Å². The predicted octanol–water partition coefficient (Wildman–Crippen LogP) is 2.56. The van der Waals surface area contributed by atoms with Gasteiger partial charge in [-0.3, -0.25) is 14.4 Å². The molecule has 0 aliphatic heterocycles. The molecule has 0 aliphatic rings. The highest BCUT2D eigenvalue weighted by molar-refractivity contribution is 7.12. The van der Waals surface area contributed by atoms with Crippen molar-refractivity contribution in [3.05, 3.63) is 56.7 Å². The molecular weight excluding hydrogens is 434 g/mol. The van der Waals surface area contributed by atoms with Crippen molar-refractivity contribution in [2.24, 2.45) is 0 Å². The van der Waals surface area contributed by atoms with Gasteiger partial charge in [-0.1, -0.05) is 29.8 Å². The van der Waals surface area contributed by atoms with E-state index in [9.17, 15) is 24.3 Å². The van der Waals surface area contributed by atoms with Crippen molar-refractivity contribution in [2.75, 3.05) is 0 Å². The van der Waals surface area contributed by atoms with Gasteiger partial charge in [-0.2, -0.15) is 0 Å². The number of nitrogens with one attached hydrogen (secondary N) is 1. The number of hydrogen-bond acceptors (Lipinski definition) is 7. The highest BCUT2D eigenvalue weighted by Gasteiger charge is 2.39. The first-order valence-electron chi connectivity index (χ1n) is 8.83. The summed E-state index contributed by atoms with van der Waals surface area (Å²) in [6.45, 7) is 2.09. The summed E-state index contributed by atoms with van der Waals surface area (Å²) in [7, 11) is 0. The van der Waals surface area contributed by atoms with E-state index in [2.05, 4.69) is 10.1 Å². The average Bonchev–Trinajstić information content (AvgIpc) is 3.11. The maximum atomic E-state index is 12.5. The summed E-state index contributed by atoms with van der Waals surface area (Å²) in [4.78, 5) is 48.1. The van der Waals surface area contributed by atoms with E-state index in [1.165, 1.54) is 11.3 Å². The Morgan fingerprint density at radius 2 is 1.60 bits per heavy atom. The number of halogens is 1. The Bertz CT molecular complexity index is 943. The van der Waals surface area contributed by atoms with E-state index in [1.807, 2.05) is 36.4 Å². The number of esters is 2. The van der Waals surface area contributed by atoms with Gasteiger partial charge in [-0.15, -0.1) is 11.3 Å². The molecule has 8 nitrogen and oxygen atoms in total. The van der Waals surface area contributed by atoms with Crippen LogP contribution in [0.1, 0.15) is 29.2 Å². The lowest BCUT2D eigenvalue weighted by atomic mass is 10.1. The van der Waals surface area contributed by atoms with Gasteiger partial charge in [-0.25, -0.2) is 4.79 Å². The summed E-state index contributed by atoms with van der Waals surface area (Å²) >= 11 is 7.62. The minimum Gasteiger partial charge on any atom is -0.478 e. The summed E-state index contributed by atoms with van der Waals surface area (Å²) in [5, 5.41) is 12.4. The first-order chi connectivity index (χ1) is 14.2. The van der Waals surface area contributed by atoms with Gasteiger partial charge in [0.1, 0.15) is 0 Å². The maximum absolute atomic E-state index is 12.5. The van der Waals surface area contributed by atoms with Crippen LogP contribution in [0.2, 0.25) is 5.02 Å². The summed E-state index contributed by atoms with van der Waals surface area (Å²) in [6, 6.07) is 11.2. The zero-order valence-electron chi connectivity index (χ0n) is 16.2. The number of carbonyl (C=O) groups is 4. The van der Waals surface area contributed by atoms with E-state index in [1.54, 1.807) is 0 Å². The Hall–Kier alpha value is -2.91. The fourth-order valence-electron chi connectivity index (χ4n) is 2.57. The minimum absolute atomic E-state index is 0.0796. The number of carboxylic acid groups (broad SMARTS) is 1. The summed E-state index contributed by atoms with van der Waals surface area (Å²) in [6.07, 6.45) is -3.14. The van der Waals surface area contributed by atoms with Crippen molar-refractivity contribution in [3.8, 4) is 0 Å². The first kappa shape index (κ1) is 23.4. The quantitative estimate of drug-likeness (QED) is 0.560. The Labute approximate surface area is 181 Å². The predicted molar refractivity (Wildman–Crippen MR) is 109 cm³/mol. The van der Waals surface area contributed by atoms with Crippen molar-refractivity contribution >= 4 is 46.8 Å². The number of amides is 1. The first-order valence-corrected chi connectivity index (χ1v) is 10.0. The molecule has 0 aliphatic carbocycles. The van der Waals surface area contributed by atoms with Crippen LogP contribution in [-0.2, 0) is 41.6 Å². The second-order valence-corrected chi connectivity index (χ2v) is 7.91. The van der Waals surface area contributed by atoms with Crippen LogP contribution in [0.15, 0.2) is 36.4 Å². The smallest absolute Gasteiger partial charge is 0.349 e. The summed E-state index contributed by atoms with van der Waals surface area (Å²) in [5.74, 6) is -4.30. The molecule has 2 rings (SSSR count). The largest absolute Gasteiger partial charge is 0.478 e. The summed E-state index contributed by atoms with van der Waals surface area (Å²) in [5.41, 5.74) is 0.970. The van der Waals surface area contributed by atoms with E-state index in [0.29, 0.717) is 11.4 Å². The lowest BCUT2D eigenvalue weighted by Crippen LogP contribution is -2.49. The third-order valence-corrected chi connectivity index (χ3v) is 5.29. The molecule has 30 heavy (non-hydrogen) atoms. The van der Waals surface area contributed by atoms with Gasteiger partial charge in [0, 0.05) is 35.0 Å². The van der Waals surface area contributed by atoms with Gasteiger partial charge in [-0.05, 0) is 23.8 Å². The van der Waals surface area contributed by atoms with Crippen molar-refractivity contribution < 1.29 is 33.8 Å². The molecule has 0 radical (unpaired) electrons. The molecule has 10 heteroatoms. The van der Waals surface area contributed by atoms with Crippen LogP contribution in [0, 0.1) is 0 Å². The summed E-state index contributed by atoms with van der Waals surface area (Å²) < 4.78 is 9.45. The lowest BCUT2D eigenvalue weighted by Gasteiger charge is -2.22. The number of ether oxygens (including phenoxy) is 2. The molecule has 1 amide bonds. The number of carboxylic acids is 1. The van der Waals surface area contributed by atoms with E-state index >= 15 is 0 Å². The van der Waals surface area contributed by atoms with Crippen LogP contribution >= 0.6 is 22.9 Å². The van der Waals surface area contributed by atoms with Crippen molar-refractivity contribution in [3.63, 3.8) is 0 Å². The van der Waals surface area contributed by atoms with E-state index in [-0.39, 0.29) is 6.54 Å². The van der Waals surface area contributed by atoms with Crippen LogP contribution in [0.5, 0.6) is 0 Å². The van der Waals surface area contributed by atoms with Gasteiger partial charge < -0.3 is 19.9 Å². The van der Waals surface area contributed by atoms with Crippen LogP contribution in [-0.4, -0.2) is 41.1 Å². The Morgan fingerprint density at radius 3 is 2.20 bits per heavy atom. The lowest BCUT2D eigenvalue weighted by molar-refractivity contribution is -0.180. The number of aliphatic carboxylic acids is 1. The molecule has 1 aromatic carbocycles. The van der Waals surface area contributed by atoms with Gasteiger partial charge in [0.15, 0.2) is 0 Å². The molecule has 0 spiro atoms. The standard InChI is InChI=1S/C20H20ClNO7S/c1-11(23)28-17(18(20(26)27)29-12(2)24)19(25)22-10-15-8-7-14(30-15)9-13-5-3-4-6-16(13)21/h3-8,17-18H,9-10H2,1-2H3,(H,22,25)(H,26,27)/t17-,18-/m1/s1. The van der Waals surface area contributed by atoms with Crippen molar-refractivity contribution in [1.82, 2.24) is 5.32 Å². The topological polar surface area (TPSA) is 119 Å². The molecule has 0 saturated heterocycles. The highest BCUT2D eigenvalue weighted by Crippen LogP contribution is 2.24. The van der Waals surface area contributed by atoms with E-state index in [0.717, 1.165) is 29.2 Å². The molecule has 160 valence electrons. The third kappa shape index (κ3) is 6.85. The minimum atomic E-state index is -1.95. The fourth-order valence-corrected chi connectivity index (χ4v) is 3.75. The third-order valence-electron chi connectivity index (χ3n) is 3.84. The van der Waals surface area contributed by atoms with Gasteiger partial charge in [0.05, 0.1) is 6.54 Å². The van der Waals surface area contributed by atoms with Crippen LogP contribution in [0.3, 0.4) is 0 Å². The van der Waals surface area contributed by atoms with Crippen LogP contribution < -0.4 is 5.32 Å². The Kier molecular flexibility index (Phi) is 8.37. The number of rotatable bonds is 9. The van der Waals surface area contributed by atoms with Gasteiger partial charge in [0.2, 0.25) is 12.2 Å². The van der Waals surface area contributed by atoms with Gasteiger partial charge in [0.25, 0.3) is 5.91 Å². The van der Waals surface area contributed by atoms with Gasteiger partial charge >= 0.3 is 17.9 Å². The normalized spacial score (nSPS) is 12.5. The average molecular weight is 454 g/mol. The van der Waals surface area contributed by atoms with Crippen molar-refractivity contribution in [1.29, 1.82) is 0 Å². The SMILES string of the molecule is CC(=O)O[C@@H](C(=O)O)[C@@H](OC(C)=O)C(=O)NCc1ccc(Cc2ccccc2Cl)s1.